The van der Waals surface area contributed by atoms with E-state index in [1.54, 1.807) is 6.07 Å². The summed E-state index contributed by atoms with van der Waals surface area (Å²) in [7, 11) is 0. The van der Waals surface area contributed by atoms with Crippen LogP contribution in [0.5, 0.6) is 0 Å². The van der Waals surface area contributed by atoms with Crippen molar-refractivity contribution in [3.63, 3.8) is 0 Å². The van der Waals surface area contributed by atoms with Crippen molar-refractivity contribution in [1.29, 1.82) is 0 Å². The first-order valence-electron chi connectivity index (χ1n) is 10.3. The molecule has 5 rings (SSSR count). The van der Waals surface area contributed by atoms with Crippen molar-refractivity contribution in [2.45, 2.75) is 56.1 Å². The SMILES string of the molecule is NC(=O)CC[C@H]1N[C@@]2(C(=O)Nc3ccccc32)[C@H]2C(=O)N(C3CCCC3)C(=O)[C@H]12. The van der Waals surface area contributed by atoms with Gasteiger partial charge in [0.05, 0.1) is 11.8 Å². The Hall–Kier alpha value is -2.74. The summed E-state index contributed by atoms with van der Waals surface area (Å²) in [6.07, 6.45) is 4.01. The number of rotatable bonds is 4. The summed E-state index contributed by atoms with van der Waals surface area (Å²) >= 11 is 0. The topological polar surface area (TPSA) is 122 Å². The third kappa shape index (κ3) is 2.41. The van der Waals surface area contributed by atoms with Crippen LogP contribution in [-0.2, 0) is 24.7 Å². The van der Waals surface area contributed by atoms with Crippen LogP contribution < -0.4 is 16.4 Å². The number of fused-ring (bicyclic) bond motifs is 4. The van der Waals surface area contributed by atoms with E-state index < -0.39 is 29.3 Å². The summed E-state index contributed by atoms with van der Waals surface area (Å²) in [5.74, 6) is -2.75. The zero-order chi connectivity index (χ0) is 20.3. The quantitative estimate of drug-likeness (QED) is 0.644. The average Bonchev–Trinajstić information content (AvgIpc) is 3.42. The van der Waals surface area contributed by atoms with Crippen LogP contribution in [0.15, 0.2) is 24.3 Å². The van der Waals surface area contributed by atoms with Crippen LogP contribution in [0.1, 0.15) is 44.1 Å². The van der Waals surface area contributed by atoms with E-state index >= 15 is 0 Å². The molecule has 1 aromatic rings. The van der Waals surface area contributed by atoms with Gasteiger partial charge in [-0.1, -0.05) is 31.0 Å². The van der Waals surface area contributed by atoms with E-state index in [-0.39, 0.29) is 30.2 Å². The molecule has 3 heterocycles. The van der Waals surface area contributed by atoms with Crippen LogP contribution in [-0.4, -0.2) is 40.6 Å². The molecule has 29 heavy (non-hydrogen) atoms. The van der Waals surface area contributed by atoms with Gasteiger partial charge in [-0.2, -0.15) is 0 Å². The van der Waals surface area contributed by atoms with Crippen molar-refractivity contribution in [3.05, 3.63) is 29.8 Å². The molecule has 8 heteroatoms. The predicted octanol–water partition coefficient (Wildman–Crippen LogP) is 0.615. The molecule has 2 saturated heterocycles. The van der Waals surface area contributed by atoms with Gasteiger partial charge >= 0.3 is 0 Å². The predicted molar refractivity (Wildman–Crippen MR) is 103 cm³/mol. The molecule has 4 aliphatic rings. The van der Waals surface area contributed by atoms with Gasteiger partial charge < -0.3 is 11.1 Å². The lowest BCUT2D eigenvalue weighted by molar-refractivity contribution is -0.145. The number of benzene rings is 1. The lowest BCUT2D eigenvalue weighted by Gasteiger charge is -2.31. The van der Waals surface area contributed by atoms with E-state index in [9.17, 15) is 19.2 Å². The number of nitrogens with zero attached hydrogens (tertiary/aromatic N) is 1. The van der Waals surface area contributed by atoms with E-state index in [2.05, 4.69) is 10.6 Å². The second kappa shape index (κ2) is 6.38. The number of anilines is 1. The first-order chi connectivity index (χ1) is 13.9. The maximum Gasteiger partial charge on any atom is 0.250 e. The fourth-order valence-electron chi connectivity index (χ4n) is 5.85. The van der Waals surface area contributed by atoms with Crippen LogP contribution in [0, 0.1) is 11.8 Å². The van der Waals surface area contributed by atoms with Crippen molar-refractivity contribution in [3.8, 4) is 0 Å². The molecular formula is C21H24N4O4. The summed E-state index contributed by atoms with van der Waals surface area (Å²) < 4.78 is 0. The fraction of sp³-hybridized carbons (Fsp3) is 0.524. The maximum atomic E-state index is 13.6. The Morgan fingerprint density at radius 3 is 2.59 bits per heavy atom. The Kier molecular flexibility index (Phi) is 4.03. The number of imide groups is 1. The highest BCUT2D eigenvalue weighted by molar-refractivity contribution is 6.15. The molecule has 3 aliphatic heterocycles. The number of para-hydroxylation sites is 1. The monoisotopic (exact) mass is 396 g/mol. The highest BCUT2D eigenvalue weighted by atomic mass is 16.2. The third-order valence-electron chi connectivity index (χ3n) is 7.05. The summed E-state index contributed by atoms with van der Waals surface area (Å²) in [5, 5.41) is 6.19. The van der Waals surface area contributed by atoms with E-state index in [1.165, 1.54) is 4.90 Å². The van der Waals surface area contributed by atoms with Crippen molar-refractivity contribution < 1.29 is 19.2 Å². The molecule has 0 bridgehead atoms. The first-order valence-corrected chi connectivity index (χ1v) is 10.3. The van der Waals surface area contributed by atoms with Crippen LogP contribution in [0.3, 0.4) is 0 Å². The minimum atomic E-state index is -1.29. The number of hydrogen-bond donors (Lipinski definition) is 3. The Balaban J connectivity index is 1.61. The number of amides is 4. The van der Waals surface area contributed by atoms with Crippen molar-refractivity contribution >= 4 is 29.3 Å². The zero-order valence-electron chi connectivity index (χ0n) is 16.0. The molecule has 4 atom stereocenters. The molecular weight excluding hydrogens is 372 g/mol. The standard InChI is InChI=1S/C21H24N4O4/c22-15(26)10-9-14-16-17(19(28)25(18(16)27)11-5-1-2-6-11)21(24-14)12-7-3-4-8-13(12)23-20(21)29/h3-4,7-8,11,14,16-17,24H,1-2,5-6,9-10H2,(H2,22,26)(H,23,29)/t14-,16-,17-,21-/m1/s1. The van der Waals surface area contributed by atoms with Gasteiger partial charge in [-0.05, 0) is 25.3 Å². The van der Waals surface area contributed by atoms with Crippen molar-refractivity contribution in [2.75, 3.05) is 5.32 Å². The van der Waals surface area contributed by atoms with Crippen LogP contribution in [0.4, 0.5) is 5.69 Å². The van der Waals surface area contributed by atoms with Gasteiger partial charge in [-0.3, -0.25) is 29.4 Å². The summed E-state index contributed by atoms with van der Waals surface area (Å²) in [5.41, 5.74) is 5.39. The second-order valence-corrected chi connectivity index (χ2v) is 8.55. The van der Waals surface area contributed by atoms with Gasteiger partial charge in [0.1, 0.15) is 5.54 Å². The van der Waals surface area contributed by atoms with E-state index in [1.807, 2.05) is 18.2 Å². The van der Waals surface area contributed by atoms with Gasteiger partial charge in [0.25, 0.3) is 0 Å². The van der Waals surface area contributed by atoms with Gasteiger partial charge in [-0.25, -0.2) is 0 Å². The van der Waals surface area contributed by atoms with Crippen LogP contribution >= 0.6 is 0 Å². The molecule has 4 N–H and O–H groups in total. The largest absolute Gasteiger partial charge is 0.370 e. The molecule has 152 valence electrons. The molecule has 0 unspecified atom stereocenters. The normalized spacial score (nSPS) is 33.4. The lowest BCUT2D eigenvalue weighted by Crippen LogP contribution is -2.54. The fourth-order valence-corrected chi connectivity index (χ4v) is 5.85. The number of carbonyl (C=O) groups excluding carboxylic acids is 4. The number of carbonyl (C=O) groups is 4. The molecule has 0 radical (unpaired) electrons. The second-order valence-electron chi connectivity index (χ2n) is 8.55. The average molecular weight is 396 g/mol. The first kappa shape index (κ1) is 18.3. The highest BCUT2D eigenvalue weighted by Crippen LogP contribution is 2.54. The van der Waals surface area contributed by atoms with Gasteiger partial charge in [-0.15, -0.1) is 0 Å². The lowest BCUT2D eigenvalue weighted by atomic mass is 9.76. The molecule has 1 saturated carbocycles. The Bertz CT molecular complexity index is 925. The molecule has 8 nitrogen and oxygen atoms in total. The number of likely N-dealkylation sites (tertiary alicyclic amines) is 1. The van der Waals surface area contributed by atoms with Gasteiger partial charge in [0.15, 0.2) is 0 Å². The molecule has 4 amide bonds. The minimum Gasteiger partial charge on any atom is -0.370 e. The summed E-state index contributed by atoms with van der Waals surface area (Å²) in [6, 6.07) is 6.71. The number of nitrogens with two attached hydrogens (primary N) is 1. The molecule has 1 aromatic carbocycles. The summed E-state index contributed by atoms with van der Waals surface area (Å²) in [4.78, 5) is 53.0. The molecule has 1 aliphatic carbocycles. The van der Waals surface area contributed by atoms with Crippen molar-refractivity contribution in [1.82, 2.24) is 10.2 Å². The Labute approximate surface area is 168 Å². The minimum absolute atomic E-state index is 0.0884. The van der Waals surface area contributed by atoms with E-state index in [4.69, 9.17) is 5.73 Å². The highest BCUT2D eigenvalue weighted by Gasteiger charge is 2.70. The number of hydrogen-bond acceptors (Lipinski definition) is 5. The zero-order valence-corrected chi connectivity index (χ0v) is 16.0. The summed E-state index contributed by atoms with van der Waals surface area (Å²) in [6.45, 7) is 0. The Morgan fingerprint density at radius 1 is 1.14 bits per heavy atom. The maximum absolute atomic E-state index is 13.6. The van der Waals surface area contributed by atoms with Crippen molar-refractivity contribution in [2.24, 2.45) is 17.6 Å². The number of nitrogens with one attached hydrogen (secondary N) is 2. The van der Waals surface area contributed by atoms with Crippen LogP contribution in [0.25, 0.3) is 0 Å². The van der Waals surface area contributed by atoms with Crippen LogP contribution in [0.2, 0.25) is 0 Å². The smallest absolute Gasteiger partial charge is 0.250 e. The molecule has 1 spiro atoms. The molecule has 3 fully saturated rings. The Morgan fingerprint density at radius 2 is 1.86 bits per heavy atom. The number of primary amides is 1. The van der Waals surface area contributed by atoms with Gasteiger partial charge in [0.2, 0.25) is 23.6 Å². The van der Waals surface area contributed by atoms with E-state index in [0.717, 1.165) is 25.7 Å². The third-order valence-corrected chi connectivity index (χ3v) is 7.05. The van der Waals surface area contributed by atoms with Gasteiger partial charge in [0, 0.05) is 29.8 Å². The molecule has 0 aromatic heterocycles. The van der Waals surface area contributed by atoms with E-state index in [0.29, 0.717) is 17.7 Å².